The highest BCUT2D eigenvalue weighted by atomic mass is 32.2. The van der Waals surface area contributed by atoms with E-state index in [2.05, 4.69) is 20.7 Å². The van der Waals surface area contributed by atoms with Gasteiger partial charge in [-0.15, -0.1) is 0 Å². The molecule has 0 unspecified atom stereocenters. The number of pyridine rings is 1. The molecular weight excluding hydrogens is 434 g/mol. The molecule has 0 aliphatic carbocycles. The van der Waals surface area contributed by atoms with Crippen LogP contribution in [0.5, 0.6) is 5.75 Å². The molecule has 3 aromatic rings. The first-order valence-corrected chi connectivity index (χ1v) is 11.6. The molecule has 2 aromatic heterocycles. The van der Waals surface area contributed by atoms with Crippen molar-refractivity contribution in [3.63, 3.8) is 0 Å². The molecular formula is C21H25N5O5S. The standard InChI is InChI=1S/C21H25N5O5S/c1-13(27)12-31-16-7-15(8-17(9-16)32(4,29)30)24-20-10-21(23-14(2)28)22-11-18(20)19-5-6-26(3)25-19/h5-11,13,27H,12H2,1-4H3,(H2,22,23,24,28)/t13-/m1/s1. The molecule has 0 fully saturated rings. The van der Waals surface area contributed by atoms with Gasteiger partial charge in [-0.2, -0.15) is 5.10 Å². The zero-order chi connectivity index (χ0) is 23.5. The number of aromatic nitrogens is 3. The number of aryl methyl sites for hydroxylation is 1. The van der Waals surface area contributed by atoms with Gasteiger partial charge in [0.2, 0.25) is 5.91 Å². The van der Waals surface area contributed by atoms with Crippen LogP contribution in [0.15, 0.2) is 47.6 Å². The first-order valence-electron chi connectivity index (χ1n) is 9.72. The summed E-state index contributed by atoms with van der Waals surface area (Å²) in [6.45, 7) is 2.95. The second-order valence-corrected chi connectivity index (χ2v) is 9.44. The van der Waals surface area contributed by atoms with E-state index in [-0.39, 0.29) is 23.2 Å². The Morgan fingerprint density at radius 3 is 2.62 bits per heavy atom. The number of amides is 1. The maximum absolute atomic E-state index is 12.2. The van der Waals surface area contributed by atoms with Crippen LogP contribution in [-0.2, 0) is 21.7 Å². The minimum atomic E-state index is -3.53. The Hall–Kier alpha value is -3.44. The maximum Gasteiger partial charge on any atom is 0.222 e. The van der Waals surface area contributed by atoms with Crippen LogP contribution in [0.4, 0.5) is 17.2 Å². The lowest BCUT2D eigenvalue weighted by Crippen LogP contribution is -2.13. The normalized spacial score (nSPS) is 12.3. The largest absolute Gasteiger partial charge is 0.491 e. The molecule has 2 heterocycles. The molecule has 32 heavy (non-hydrogen) atoms. The number of sulfone groups is 1. The van der Waals surface area contributed by atoms with Crippen molar-refractivity contribution in [2.45, 2.75) is 24.8 Å². The van der Waals surface area contributed by atoms with Gasteiger partial charge in [0.25, 0.3) is 0 Å². The first kappa shape index (κ1) is 23.2. The molecule has 0 bridgehead atoms. The Labute approximate surface area is 186 Å². The number of benzene rings is 1. The molecule has 170 valence electrons. The summed E-state index contributed by atoms with van der Waals surface area (Å²) in [5.41, 5.74) is 2.28. The lowest BCUT2D eigenvalue weighted by Gasteiger charge is -2.15. The number of aliphatic hydroxyl groups excluding tert-OH is 1. The third kappa shape index (κ3) is 6.05. The van der Waals surface area contributed by atoms with E-state index in [1.165, 1.54) is 19.1 Å². The van der Waals surface area contributed by atoms with Crippen LogP contribution in [0.3, 0.4) is 0 Å². The summed E-state index contributed by atoms with van der Waals surface area (Å²) in [4.78, 5) is 15.8. The van der Waals surface area contributed by atoms with Crippen molar-refractivity contribution in [1.82, 2.24) is 14.8 Å². The summed E-state index contributed by atoms with van der Waals surface area (Å²) in [7, 11) is -1.74. The number of hydrogen-bond donors (Lipinski definition) is 3. The number of hydrogen-bond acceptors (Lipinski definition) is 8. The van der Waals surface area contributed by atoms with E-state index in [1.54, 1.807) is 43.2 Å². The average Bonchev–Trinajstić information content (AvgIpc) is 3.11. The number of carbonyl (C=O) groups is 1. The van der Waals surface area contributed by atoms with Crippen molar-refractivity contribution in [2.24, 2.45) is 7.05 Å². The minimum Gasteiger partial charge on any atom is -0.491 e. The highest BCUT2D eigenvalue weighted by Crippen LogP contribution is 2.33. The Balaban J connectivity index is 2.07. The number of nitrogens with zero attached hydrogens (tertiary/aromatic N) is 3. The molecule has 11 heteroatoms. The van der Waals surface area contributed by atoms with E-state index < -0.39 is 15.9 Å². The van der Waals surface area contributed by atoms with Crippen LogP contribution in [0.25, 0.3) is 11.3 Å². The van der Waals surface area contributed by atoms with Gasteiger partial charge in [0.15, 0.2) is 9.84 Å². The van der Waals surface area contributed by atoms with E-state index in [9.17, 15) is 18.3 Å². The fourth-order valence-corrected chi connectivity index (χ4v) is 3.56. The SMILES string of the molecule is CC(=O)Nc1cc(Nc2cc(OC[C@@H](C)O)cc(S(C)(=O)=O)c2)c(-c2ccn(C)n2)cn1. The predicted molar refractivity (Wildman–Crippen MR) is 121 cm³/mol. The fraction of sp³-hybridized carbons (Fsp3) is 0.286. The Morgan fingerprint density at radius 1 is 1.28 bits per heavy atom. The Kier molecular flexibility index (Phi) is 6.80. The van der Waals surface area contributed by atoms with E-state index in [0.717, 1.165) is 6.26 Å². The number of carbonyl (C=O) groups excluding carboxylic acids is 1. The first-order chi connectivity index (χ1) is 15.0. The molecule has 10 nitrogen and oxygen atoms in total. The van der Waals surface area contributed by atoms with Gasteiger partial charge < -0.3 is 20.5 Å². The van der Waals surface area contributed by atoms with Gasteiger partial charge in [-0.05, 0) is 25.1 Å². The van der Waals surface area contributed by atoms with Crippen LogP contribution in [0.2, 0.25) is 0 Å². The van der Waals surface area contributed by atoms with Crippen molar-refractivity contribution < 1.29 is 23.1 Å². The summed E-state index contributed by atoms with van der Waals surface area (Å²) in [6.07, 6.45) is 3.74. The van der Waals surface area contributed by atoms with E-state index in [4.69, 9.17) is 4.74 Å². The minimum absolute atomic E-state index is 0.00772. The molecule has 0 saturated heterocycles. The molecule has 3 N–H and O–H groups in total. The zero-order valence-corrected chi connectivity index (χ0v) is 19.0. The van der Waals surface area contributed by atoms with Crippen LogP contribution in [0.1, 0.15) is 13.8 Å². The highest BCUT2D eigenvalue weighted by molar-refractivity contribution is 7.90. The van der Waals surface area contributed by atoms with Crippen molar-refractivity contribution >= 4 is 32.9 Å². The topological polar surface area (TPSA) is 135 Å². The zero-order valence-electron chi connectivity index (χ0n) is 18.2. The molecule has 0 radical (unpaired) electrons. The lowest BCUT2D eigenvalue weighted by molar-refractivity contribution is -0.114. The fourth-order valence-electron chi connectivity index (χ4n) is 2.88. The van der Waals surface area contributed by atoms with Crippen molar-refractivity contribution in [3.8, 4) is 17.0 Å². The monoisotopic (exact) mass is 459 g/mol. The molecule has 0 aliphatic rings. The van der Waals surface area contributed by atoms with Crippen molar-refractivity contribution in [3.05, 3.63) is 42.7 Å². The average molecular weight is 460 g/mol. The number of aliphatic hydroxyl groups is 1. The maximum atomic E-state index is 12.2. The van der Waals surface area contributed by atoms with Crippen molar-refractivity contribution in [2.75, 3.05) is 23.5 Å². The van der Waals surface area contributed by atoms with E-state index in [1.807, 2.05) is 6.07 Å². The highest BCUT2D eigenvalue weighted by Gasteiger charge is 2.15. The third-order valence-corrected chi connectivity index (χ3v) is 5.37. The number of rotatable bonds is 8. The number of anilines is 3. The summed E-state index contributed by atoms with van der Waals surface area (Å²) < 4.78 is 31.6. The lowest BCUT2D eigenvalue weighted by atomic mass is 10.1. The Morgan fingerprint density at radius 2 is 2.03 bits per heavy atom. The quantitative estimate of drug-likeness (QED) is 0.467. The summed E-state index contributed by atoms with van der Waals surface area (Å²) in [6, 6.07) is 7.94. The van der Waals surface area contributed by atoms with Crippen LogP contribution >= 0.6 is 0 Å². The third-order valence-electron chi connectivity index (χ3n) is 4.28. The van der Waals surface area contributed by atoms with Crippen molar-refractivity contribution in [1.29, 1.82) is 0 Å². The number of ether oxygens (including phenoxy) is 1. The van der Waals surface area contributed by atoms with Crippen LogP contribution < -0.4 is 15.4 Å². The van der Waals surface area contributed by atoms with E-state index in [0.29, 0.717) is 28.5 Å². The molecule has 1 aromatic carbocycles. The van der Waals surface area contributed by atoms with Gasteiger partial charge >= 0.3 is 0 Å². The van der Waals surface area contributed by atoms with Gasteiger partial charge in [-0.3, -0.25) is 9.48 Å². The summed E-state index contributed by atoms with van der Waals surface area (Å²) in [5, 5.41) is 19.7. The van der Waals surface area contributed by atoms with Crippen LogP contribution in [0, 0.1) is 0 Å². The molecule has 1 amide bonds. The molecule has 0 aliphatic heterocycles. The van der Waals surface area contributed by atoms with Gasteiger partial charge in [-0.25, -0.2) is 13.4 Å². The molecule has 1 atom stereocenters. The second-order valence-electron chi connectivity index (χ2n) is 7.42. The van der Waals surface area contributed by atoms with Gasteiger partial charge in [0, 0.05) is 56.0 Å². The second kappa shape index (κ2) is 9.37. The molecule has 3 rings (SSSR count). The van der Waals surface area contributed by atoms with Gasteiger partial charge in [0.1, 0.15) is 18.2 Å². The number of nitrogens with one attached hydrogen (secondary N) is 2. The molecule has 0 spiro atoms. The van der Waals surface area contributed by atoms with Crippen LogP contribution in [-0.4, -0.2) is 53.2 Å². The van der Waals surface area contributed by atoms with E-state index >= 15 is 0 Å². The predicted octanol–water partition coefficient (Wildman–Crippen LogP) is 2.35. The van der Waals surface area contributed by atoms with Gasteiger partial charge in [0.05, 0.1) is 22.4 Å². The Bertz CT molecular complexity index is 1240. The smallest absolute Gasteiger partial charge is 0.222 e. The molecule has 0 saturated carbocycles. The summed E-state index contributed by atoms with van der Waals surface area (Å²) >= 11 is 0. The summed E-state index contributed by atoms with van der Waals surface area (Å²) in [5.74, 6) is 0.332. The van der Waals surface area contributed by atoms with Gasteiger partial charge in [-0.1, -0.05) is 0 Å².